The predicted octanol–water partition coefficient (Wildman–Crippen LogP) is 9.40. The second kappa shape index (κ2) is 11.0. The van der Waals surface area contributed by atoms with Crippen LogP contribution < -0.4 is 0 Å². The molecule has 0 aliphatic heterocycles. The van der Waals surface area contributed by atoms with Crippen molar-refractivity contribution >= 4 is 41.3 Å². The summed E-state index contributed by atoms with van der Waals surface area (Å²) >= 11 is 12.5. The zero-order valence-electron chi connectivity index (χ0n) is 20.5. The van der Waals surface area contributed by atoms with Crippen LogP contribution in [0.4, 0.5) is 13.2 Å². The van der Waals surface area contributed by atoms with Crippen molar-refractivity contribution in [2.24, 2.45) is 0 Å². The van der Waals surface area contributed by atoms with E-state index >= 15 is 0 Å². The fourth-order valence-corrected chi connectivity index (χ4v) is 4.65. The minimum Gasteiger partial charge on any atom is -0.478 e. The molecular formula is C31H19Cl2F3N2O2. The molecule has 0 bridgehead atoms. The van der Waals surface area contributed by atoms with Crippen LogP contribution in [0.5, 0.6) is 0 Å². The van der Waals surface area contributed by atoms with E-state index in [-0.39, 0.29) is 5.56 Å². The third-order valence-electron chi connectivity index (χ3n) is 6.19. The zero-order chi connectivity index (χ0) is 28.4. The smallest absolute Gasteiger partial charge is 0.416 e. The first-order valence-electron chi connectivity index (χ1n) is 11.9. The number of carboxylic acids is 1. The average Bonchev–Trinajstić information content (AvgIpc) is 3.35. The number of aromatic carboxylic acids is 1. The van der Waals surface area contributed by atoms with Crippen molar-refractivity contribution in [1.82, 2.24) is 9.55 Å². The molecule has 1 heterocycles. The van der Waals surface area contributed by atoms with Crippen LogP contribution in [0.2, 0.25) is 10.0 Å². The molecule has 4 aromatic carbocycles. The predicted molar refractivity (Wildman–Crippen MR) is 152 cm³/mol. The Balaban J connectivity index is 1.48. The summed E-state index contributed by atoms with van der Waals surface area (Å²) < 4.78 is 41.1. The molecule has 0 unspecified atom stereocenters. The molecule has 0 aliphatic rings. The molecule has 0 saturated heterocycles. The molecule has 5 rings (SSSR count). The van der Waals surface area contributed by atoms with E-state index in [2.05, 4.69) is 0 Å². The highest BCUT2D eigenvalue weighted by molar-refractivity contribution is 6.36. The number of carbonyl (C=O) groups is 1. The molecule has 0 saturated carbocycles. The van der Waals surface area contributed by atoms with Crippen LogP contribution in [0.15, 0.2) is 97.2 Å². The highest BCUT2D eigenvalue weighted by atomic mass is 35.5. The molecule has 40 heavy (non-hydrogen) atoms. The molecule has 0 aliphatic carbocycles. The summed E-state index contributed by atoms with van der Waals surface area (Å²) in [7, 11) is 0. The lowest BCUT2D eigenvalue weighted by Gasteiger charge is -2.09. The lowest BCUT2D eigenvalue weighted by molar-refractivity contribution is -0.137. The quantitative estimate of drug-likeness (QED) is 0.218. The van der Waals surface area contributed by atoms with Crippen LogP contribution in [-0.2, 0) is 6.18 Å². The van der Waals surface area contributed by atoms with Gasteiger partial charge in [0.25, 0.3) is 0 Å². The van der Waals surface area contributed by atoms with Gasteiger partial charge in [0, 0.05) is 22.5 Å². The molecule has 0 radical (unpaired) electrons. The topological polar surface area (TPSA) is 55.1 Å². The van der Waals surface area contributed by atoms with Gasteiger partial charge in [-0.3, -0.25) is 4.57 Å². The van der Waals surface area contributed by atoms with Gasteiger partial charge < -0.3 is 5.11 Å². The van der Waals surface area contributed by atoms with Gasteiger partial charge in [0.2, 0.25) is 0 Å². The van der Waals surface area contributed by atoms with Gasteiger partial charge in [-0.15, -0.1) is 0 Å². The van der Waals surface area contributed by atoms with E-state index in [0.717, 1.165) is 17.7 Å². The van der Waals surface area contributed by atoms with E-state index in [1.165, 1.54) is 18.2 Å². The van der Waals surface area contributed by atoms with Crippen LogP contribution in [0.3, 0.4) is 0 Å². The average molecular weight is 579 g/mol. The molecule has 0 atom stereocenters. The molecule has 5 aromatic rings. The van der Waals surface area contributed by atoms with Crippen molar-refractivity contribution in [3.8, 4) is 28.1 Å². The molecule has 9 heteroatoms. The SMILES string of the molecule is O=C(O)c1ccc(-n2cc(-c3ccc(Cl)cc3Cl)nc2C=Cc2ccc(-c3cccc(C(F)(F)F)c3)cc2)cc1. The number of rotatable bonds is 6. The summed E-state index contributed by atoms with van der Waals surface area (Å²) in [6.07, 6.45) is 0.996. The summed E-state index contributed by atoms with van der Waals surface area (Å²) in [6.45, 7) is 0. The Morgan fingerprint density at radius 3 is 2.23 bits per heavy atom. The first-order valence-corrected chi connectivity index (χ1v) is 12.7. The van der Waals surface area contributed by atoms with Gasteiger partial charge in [0.05, 0.1) is 21.8 Å². The van der Waals surface area contributed by atoms with Crippen molar-refractivity contribution in [3.63, 3.8) is 0 Å². The number of nitrogens with zero attached hydrogens (tertiary/aromatic N) is 2. The van der Waals surface area contributed by atoms with Gasteiger partial charge in [-0.25, -0.2) is 9.78 Å². The normalized spacial score (nSPS) is 11.7. The van der Waals surface area contributed by atoms with Crippen molar-refractivity contribution in [3.05, 3.63) is 130 Å². The summed E-state index contributed by atoms with van der Waals surface area (Å²) in [5.74, 6) is -0.481. The van der Waals surface area contributed by atoms with Gasteiger partial charge in [-0.1, -0.05) is 65.7 Å². The first-order chi connectivity index (χ1) is 19.1. The van der Waals surface area contributed by atoms with Gasteiger partial charge >= 0.3 is 12.1 Å². The van der Waals surface area contributed by atoms with Gasteiger partial charge in [0.1, 0.15) is 5.82 Å². The maximum absolute atomic E-state index is 13.1. The molecule has 200 valence electrons. The lowest BCUT2D eigenvalue weighted by atomic mass is 10.0. The summed E-state index contributed by atoms with van der Waals surface area (Å²) in [5, 5.41) is 10.2. The maximum Gasteiger partial charge on any atom is 0.416 e. The number of carboxylic acid groups (broad SMARTS) is 1. The van der Waals surface area contributed by atoms with E-state index in [1.807, 2.05) is 6.08 Å². The van der Waals surface area contributed by atoms with Crippen LogP contribution >= 0.6 is 23.2 Å². The second-order valence-corrected chi connectivity index (χ2v) is 9.71. The Kier molecular flexibility index (Phi) is 7.52. The molecule has 0 amide bonds. The summed E-state index contributed by atoms with van der Waals surface area (Å²) in [6, 6.07) is 23.8. The van der Waals surface area contributed by atoms with Crippen LogP contribution in [0.1, 0.15) is 27.3 Å². The highest BCUT2D eigenvalue weighted by Crippen LogP contribution is 2.33. The molecule has 0 spiro atoms. The van der Waals surface area contributed by atoms with Crippen molar-refractivity contribution in [1.29, 1.82) is 0 Å². The van der Waals surface area contributed by atoms with E-state index in [4.69, 9.17) is 28.2 Å². The van der Waals surface area contributed by atoms with Crippen LogP contribution in [-0.4, -0.2) is 20.6 Å². The fraction of sp³-hybridized carbons (Fsp3) is 0.0323. The molecule has 4 nitrogen and oxygen atoms in total. The minimum absolute atomic E-state index is 0.155. The number of hydrogen-bond donors (Lipinski definition) is 1. The molecule has 1 aromatic heterocycles. The van der Waals surface area contributed by atoms with Crippen molar-refractivity contribution < 1.29 is 23.1 Å². The van der Waals surface area contributed by atoms with Crippen LogP contribution in [0.25, 0.3) is 40.2 Å². The minimum atomic E-state index is -4.41. The van der Waals surface area contributed by atoms with E-state index < -0.39 is 17.7 Å². The summed E-state index contributed by atoms with van der Waals surface area (Å²) in [5.41, 5.74) is 3.33. The number of hydrogen-bond acceptors (Lipinski definition) is 2. The standard InChI is InChI=1S/C31H19Cl2F3N2O2/c32-24-11-14-26(27(33)17-24)28-18-38(25-12-9-21(10-13-25)30(39)40)29(37-28)15-6-19-4-7-20(8-5-19)22-2-1-3-23(16-22)31(34,35)36/h1-18H,(H,39,40). The van der Waals surface area contributed by atoms with Crippen molar-refractivity contribution in [2.75, 3.05) is 0 Å². The number of alkyl halides is 3. The van der Waals surface area contributed by atoms with Gasteiger partial charge in [-0.05, 0) is 77.4 Å². The lowest BCUT2D eigenvalue weighted by Crippen LogP contribution is -2.04. The van der Waals surface area contributed by atoms with Crippen molar-refractivity contribution in [2.45, 2.75) is 6.18 Å². The Morgan fingerprint density at radius 1 is 0.850 bits per heavy atom. The number of benzene rings is 4. The molecular weight excluding hydrogens is 560 g/mol. The number of halogens is 5. The Morgan fingerprint density at radius 2 is 1.57 bits per heavy atom. The zero-order valence-corrected chi connectivity index (χ0v) is 22.0. The Bertz CT molecular complexity index is 1730. The number of aromatic nitrogens is 2. The molecule has 0 fully saturated rings. The first kappa shape index (κ1) is 27.2. The van der Waals surface area contributed by atoms with Gasteiger partial charge in [0.15, 0.2) is 0 Å². The highest BCUT2D eigenvalue weighted by Gasteiger charge is 2.30. The van der Waals surface area contributed by atoms with E-state index in [9.17, 15) is 23.1 Å². The largest absolute Gasteiger partial charge is 0.478 e. The Labute approximate surface area is 237 Å². The monoisotopic (exact) mass is 578 g/mol. The molecule has 1 N–H and O–H groups in total. The van der Waals surface area contributed by atoms with E-state index in [1.54, 1.807) is 77.5 Å². The second-order valence-electron chi connectivity index (χ2n) is 8.86. The third-order valence-corrected chi connectivity index (χ3v) is 6.74. The van der Waals surface area contributed by atoms with Gasteiger partial charge in [-0.2, -0.15) is 13.2 Å². The Hall–Kier alpha value is -4.33. The maximum atomic E-state index is 13.1. The van der Waals surface area contributed by atoms with Crippen LogP contribution in [0, 0.1) is 0 Å². The van der Waals surface area contributed by atoms with E-state index in [0.29, 0.717) is 43.9 Å². The fourth-order valence-electron chi connectivity index (χ4n) is 4.14. The third kappa shape index (κ3) is 5.96. The summed E-state index contributed by atoms with van der Waals surface area (Å²) in [4.78, 5) is 16.0. The number of imidazole rings is 1.